The van der Waals surface area contributed by atoms with Crippen LogP contribution in [0.2, 0.25) is 5.02 Å². The van der Waals surface area contributed by atoms with E-state index in [4.69, 9.17) is 16.3 Å². The Morgan fingerprint density at radius 2 is 1.72 bits per heavy atom. The second-order valence-corrected chi connectivity index (χ2v) is 9.02. The first kappa shape index (κ1) is 20.9. The number of ether oxygens (including phenoxy) is 1. The van der Waals surface area contributed by atoms with Crippen molar-refractivity contribution < 1.29 is 13.9 Å². The van der Waals surface area contributed by atoms with Gasteiger partial charge in [0.1, 0.15) is 23.5 Å². The predicted molar refractivity (Wildman–Crippen MR) is 129 cm³/mol. The van der Waals surface area contributed by atoms with Gasteiger partial charge in [0.15, 0.2) is 0 Å². The van der Waals surface area contributed by atoms with Gasteiger partial charge in [-0.25, -0.2) is 4.39 Å². The zero-order chi connectivity index (χ0) is 22.1. The van der Waals surface area contributed by atoms with Crippen molar-refractivity contribution in [1.29, 1.82) is 0 Å². The zero-order valence-corrected chi connectivity index (χ0v) is 18.6. The Morgan fingerprint density at radius 1 is 0.969 bits per heavy atom. The monoisotopic (exact) mass is 463 g/mol. The Labute approximate surface area is 194 Å². The molecule has 0 aliphatic carbocycles. The number of rotatable bonds is 5. The van der Waals surface area contributed by atoms with Gasteiger partial charge in [0.05, 0.1) is 5.75 Å². The summed E-state index contributed by atoms with van der Waals surface area (Å²) in [5.41, 5.74) is 2.62. The van der Waals surface area contributed by atoms with Gasteiger partial charge in [0.2, 0.25) is 5.91 Å². The summed E-state index contributed by atoms with van der Waals surface area (Å²) in [6.07, 6.45) is 0. The summed E-state index contributed by atoms with van der Waals surface area (Å²) in [5.74, 6) is 0.854. The number of halogens is 2. The lowest BCUT2D eigenvalue weighted by Gasteiger charge is -2.27. The van der Waals surface area contributed by atoms with Gasteiger partial charge in [-0.05, 0) is 58.8 Å². The van der Waals surface area contributed by atoms with E-state index in [1.807, 2.05) is 41.3 Å². The Hall–Kier alpha value is -3.02. The Bertz CT molecular complexity index is 1280. The summed E-state index contributed by atoms with van der Waals surface area (Å²) >= 11 is 7.65. The van der Waals surface area contributed by atoms with Crippen molar-refractivity contribution in [1.82, 2.24) is 0 Å². The number of nitrogens with zero attached hydrogens (tertiary/aromatic N) is 1. The minimum Gasteiger partial charge on any atom is -0.488 e. The third-order valence-corrected chi connectivity index (χ3v) is 6.89. The number of fused-ring (bicyclic) bond motifs is 1. The van der Waals surface area contributed by atoms with E-state index < -0.39 is 0 Å². The molecule has 1 atom stereocenters. The molecule has 0 bridgehead atoms. The van der Waals surface area contributed by atoms with Gasteiger partial charge in [-0.2, -0.15) is 0 Å². The molecule has 160 valence electrons. The van der Waals surface area contributed by atoms with E-state index in [0.29, 0.717) is 23.1 Å². The molecular formula is C26H19ClFNO2S. The smallest absolute Gasteiger partial charge is 0.238 e. The Morgan fingerprint density at radius 3 is 2.50 bits per heavy atom. The number of hydrogen-bond acceptors (Lipinski definition) is 3. The van der Waals surface area contributed by atoms with Gasteiger partial charge < -0.3 is 4.74 Å². The molecule has 1 saturated heterocycles. The van der Waals surface area contributed by atoms with Crippen molar-refractivity contribution in [3.05, 3.63) is 107 Å². The minimum atomic E-state index is -0.278. The first-order chi connectivity index (χ1) is 15.6. The number of carbonyl (C=O) groups is 1. The molecule has 0 saturated carbocycles. The molecule has 0 spiro atoms. The van der Waals surface area contributed by atoms with Crippen LogP contribution in [-0.2, 0) is 11.4 Å². The molecule has 1 heterocycles. The van der Waals surface area contributed by atoms with Crippen LogP contribution >= 0.6 is 23.4 Å². The van der Waals surface area contributed by atoms with Crippen LogP contribution in [0.4, 0.5) is 10.1 Å². The minimum absolute atomic E-state index is 0.0414. The number of benzene rings is 4. The van der Waals surface area contributed by atoms with E-state index in [1.54, 1.807) is 36.0 Å². The van der Waals surface area contributed by atoms with Crippen LogP contribution in [0.25, 0.3) is 10.8 Å². The van der Waals surface area contributed by atoms with Crippen molar-refractivity contribution in [3.63, 3.8) is 0 Å². The Balaban J connectivity index is 1.57. The maximum Gasteiger partial charge on any atom is 0.238 e. The molecule has 0 N–H and O–H groups in total. The molecule has 4 aromatic carbocycles. The molecular weight excluding hydrogens is 445 g/mol. The number of anilines is 1. The van der Waals surface area contributed by atoms with Gasteiger partial charge in [0, 0.05) is 16.3 Å². The van der Waals surface area contributed by atoms with Crippen LogP contribution < -0.4 is 9.64 Å². The topological polar surface area (TPSA) is 29.5 Å². The zero-order valence-electron chi connectivity index (χ0n) is 17.0. The highest BCUT2D eigenvalue weighted by Crippen LogP contribution is 2.47. The maximum atomic E-state index is 13.3. The summed E-state index contributed by atoms with van der Waals surface area (Å²) in [7, 11) is 0. The molecule has 32 heavy (non-hydrogen) atoms. The van der Waals surface area contributed by atoms with Crippen molar-refractivity contribution >= 4 is 45.7 Å². The number of thioether (sulfide) groups is 1. The number of carbonyl (C=O) groups excluding carboxylic acids is 1. The third kappa shape index (κ3) is 4.06. The van der Waals surface area contributed by atoms with Gasteiger partial charge >= 0.3 is 0 Å². The summed E-state index contributed by atoms with van der Waals surface area (Å²) in [5, 5.41) is 2.50. The lowest BCUT2D eigenvalue weighted by atomic mass is 10.0. The quantitative estimate of drug-likeness (QED) is 0.319. The molecule has 1 fully saturated rings. The van der Waals surface area contributed by atoms with Crippen molar-refractivity contribution in [2.75, 3.05) is 10.7 Å². The van der Waals surface area contributed by atoms with Crippen LogP contribution in [-0.4, -0.2) is 11.7 Å². The Kier molecular flexibility index (Phi) is 5.77. The number of amides is 1. The predicted octanol–water partition coefficient (Wildman–Crippen LogP) is 6.99. The lowest BCUT2D eigenvalue weighted by molar-refractivity contribution is -0.115. The van der Waals surface area contributed by atoms with Crippen molar-refractivity contribution in [3.8, 4) is 5.75 Å². The van der Waals surface area contributed by atoms with E-state index in [2.05, 4.69) is 12.1 Å². The molecule has 1 aliphatic rings. The molecule has 0 unspecified atom stereocenters. The van der Waals surface area contributed by atoms with Crippen LogP contribution in [0.3, 0.4) is 0 Å². The van der Waals surface area contributed by atoms with Crippen LogP contribution in [0, 0.1) is 5.82 Å². The highest BCUT2D eigenvalue weighted by atomic mass is 35.5. The molecule has 3 nitrogen and oxygen atoms in total. The summed E-state index contributed by atoms with van der Waals surface area (Å²) in [6, 6.07) is 25.6. The molecule has 0 radical (unpaired) electrons. The van der Waals surface area contributed by atoms with Crippen LogP contribution in [0.15, 0.2) is 84.9 Å². The average molecular weight is 464 g/mol. The van der Waals surface area contributed by atoms with Gasteiger partial charge in [-0.1, -0.05) is 54.1 Å². The van der Waals surface area contributed by atoms with Crippen LogP contribution in [0.1, 0.15) is 16.5 Å². The van der Waals surface area contributed by atoms with E-state index in [-0.39, 0.29) is 17.1 Å². The average Bonchev–Trinajstić information content (AvgIpc) is 3.19. The van der Waals surface area contributed by atoms with E-state index in [0.717, 1.165) is 27.6 Å². The largest absolute Gasteiger partial charge is 0.488 e. The van der Waals surface area contributed by atoms with Gasteiger partial charge in [-0.15, -0.1) is 11.8 Å². The van der Waals surface area contributed by atoms with E-state index in [9.17, 15) is 9.18 Å². The third-order valence-electron chi connectivity index (χ3n) is 5.46. The normalized spacial score (nSPS) is 16.0. The van der Waals surface area contributed by atoms with Gasteiger partial charge in [0.25, 0.3) is 0 Å². The molecule has 4 aromatic rings. The van der Waals surface area contributed by atoms with Crippen LogP contribution in [0.5, 0.6) is 5.75 Å². The lowest BCUT2D eigenvalue weighted by Crippen LogP contribution is -2.28. The SMILES string of the molecule is O=C1CS[C@H](c2c(OCc3ccc(F)cc3)ccc3ccccc23)N1c1ccc(Cl)cc1. The fourth-order valence-corrected chi connectivity index (χ4v) is 5.28. The molecule has 1 amide bonds. The highest BCUT2D eigenvalue weighted by molar-refractivity contribution is 8.00. The maximum absolute atomic E-state index is 13.3. The first-order valence-electron chi connectivity index (χ1n) is 10.2. The second kappa shape index (κ2) is 8.85. The summed E-state index contributed by atoms with van der Waals surface area (Å²) in [4.78, 5) is 14.7. The molecule has 6 heteroatoms. The highest BCUT2D eigenvalue weighted by Gasteiger charge is 2.36. The standard InChI is InChI=1S/C26H19ClFNO2S/c27-19-8-12-21(13-9-19)29-24(30)16-32-26(29)25-22-4-2-1-3-18(22)7-14-23(25)31-15-17-5-10-20(28)11-6-17/h1-14,26H,15-16H2/t26-/m1/s1. The fourth-order valence-electron chi connectivity index (χ4n) is 3.92. The second-order valence-electron chi connectivity index (χ2n) is 7.52. The summed E-state index contributed by atoms with van der Waals surface area (Å²) < 4.78 is 19.5. The van der Waals surface area contributed by atoms with Gasteiger partial charge in [-0.3, -0.25) is 9.69 Å². The molecule has 5 rings (SSSR count). The van der Waals surface area contributed by atoms with Crippen molar-refractivity contribution in [2.24, 2.45) is 0 Å². The van der Waals surface area contributed by atoms with Crippen molar-refractivity contribution in [2.45, 2.75) is 12.0 Å². The van der Waals surface area contributed by atoms with E-state index >= 15 is 0 Å². The summed E-state index contributed by atoms with van der Waals surface area (Å²) in [6.45, 7) is 0.303. The van der Waals surface area contributed by atoms with E-state index in [1.165, 1.54) is 12.1 Å². The molecule has 0 aromatic heterocycles. The number of hydrogen-bond donors (Lipinski definition) is 0. The molecule has 1 aliphatic heterocycles. The first-order valence-corrected chi connectivity index (χ1v) is 11.6. The fraction of sp³-hybridized carbons (Fsp3) is 0.115.